The smallest absolute Gasteiger partial charge is 0.146 e. The Balaban J connectivity index is 2.00. The van der Waals surface area contributed by atoms with Crippen LogP contribution in [-0.2, 0) is 0 Å². The fourth-order valence-corrected chi connectivity index (χ4v) is 2.13. The molecule has 0 aliphatic carbocycles. The Kier molecular flexibility index (Phi) is 4.85. The van der Waals surface area contributed by atoms with Gasteiger partial charge in [0, 0.05) is 19.7 Å². The van der Waals surface area contributed by atoms with E-state index in [4.69, 9.17) is 0 Å². The maximum atomic E-state index is 13.6. The van der Waals surface area contributed by atoms with Crippen molar-refractivity contribution < 1.29 is 18.3 Å². The van der Waals surface area contributed by atoms with Crippen molar-refractivity contribution in [3.8, 4) is 0 Å². The van der Waals surface area contributed by atoms with Gasteiger partial charge in [0.25, 0.3) is 0 Å². The van der Waals surface area contributed by atoms with Crippen molar-refractivity contribution in [2.24, 2.45) is 0 Å². The van der Waals surface area contributed by atoms with Crippen LogP contribution in [0, 0.1) is 17.5 Å². The van der Waals surface area contributed by atoms with Gasteiger partial charge in [-0.2, -0.15) is 0 Å². The van der Waals surface area contributed by atoms with E-state index in [-0.39, 0.29) is 17.8 Å². The van der Waals surface area contributed by atoms with Gasteiger partial charge in [0.1, 0.15) is 17.5 Å². The summed E-state index contributed by atoms with van der Waals surface area (Å²) in [4.78, 5) is 1.65. The van der Waals surface area contributed by atoms with Gasteiger partial charge in [0.2, 0.25) is 0 Å². The molecule has 0 aromatic heterocycles. The summed E-state index contributed by atoms with van der Waals surface area (Å²) in [6.07, 6.45) is -0.780. The molecule has 112 valence electrons. The third kappa shape index (κ3) is 3.98. The number of nitrogens with zero attached hydrogens (tertiary/aromatic N) is 1. The minimum absolute atomic E-state index is 0.175. The molecule has 0 saturated carbocycles. The van der Waals surface area contributed by atoms with Gasteiger partial charge < -0.3 is 10.0 Å². The molecule has 0 fully saturated rings. The molecule has 2 aromatic carbocycles. The summed E-state index contributed by atoms with van der Waals surface area (Å²) < 4.78 is 39.8. The summed E-state index contributed by atoms with van der Waals surface area (Å²) >= 11 is 0. The van der Waals surface area contributed by atoms with Crippen molar-refractivity contribution in [2.45, 2.75) is 12.5 Å². The van der Waals surface area contributed by atoms with Crippen molar-refractivity contribution in [1.82, 2.24) is 0 Å². The van der Waals surface area contributed by atoms with E-state index >= 15 is 0 Å². The molecule has 0 radical (unpaired) electrons. The molecule has 21 heavy (non-hydrogen) atoms. The number of benzene rings is 2. The van der Waals surface area contributed by atoms with Crippen molar-refractivity contribution in [3.05, 3.63) is 65.5 Å². The van der Waals surface area contributed by atoms with Crippen LogP contribution in [0.15, 0.2) is 42.5 Å². The van der Waals surface area contributed by atoms with Crippen molar-refractivity contribution in [2.75, 3.05) is 18.5 Å². The molecule has 1 atom stereocenters. The average molecular weight is 295 g/mol. The number of anilines is 1. The third-order valence-electron chi connectivity index (χ3n) is 3.27. The number of rotatable bonds is 5. The van der Waals surface area contributed by atoms with Gasteiger partial charge in [0.15, 0.2) is 0 Å². The van der Waals surface area contributed by atoms with E-state index in [0.29, 0.717) is 12.2 Å². The van der Waals surface area contributed by atoms with Gasteiger partial charge in [-0.05, 0) is 36.2 Å². The largest absolute Gasteiger partial charge is 0.388 e. The number of hydrogen-bond donors (Lipinski definition) is 1. The second kappa shape index (κ2) is 6.63. The fraction of sp³-hybridized carbons (Fsp3) is 0.250. The molecule has 0 aliphatic heterocycles. The Morgan fingerprint density at radius 3 is 2.29 bits per heavy atom. The third-order valence-corrected chi connectivity index (χ3v) is 3.27. The lowest BCUT2D eigenvalue weighted by atomic mass is 10.1. The first-order chi connectivity index (χ1) is 9.97. The normalized spacial score (nSPS) is 12.2. The lowest BCUT2D eigenvalue weighted by Gasteiger charge is -2.21. The molecule has 5 heteroatoms. The molecule has 2 rings (SSSR count). The lowest BCUT2D eigenvalue weighted by Crippen LogP contribution is -2.21. The van der Waals surface area contributed by atoms with E-state index in [1.165, 1.54) is 6.07 Å². The minimum atomic E-state index is -1.01. The quantitative estimate of drug-likeness (QED) is 0.910. The molecule has 0 heterocycles. The number of aliphatic hydroxyl groups excluding tert-OH is 1. The summed E-state index contributed by atoms with van der Waals surface area (Å²) in [5.74, 6) is -1.82. The number of aliphatic hydroxyl groups is 1. The molecule has 0 spiro atoms. The standard InChI is InChI=1S/C16H16F3NO/c1-20(15-5-3-2-4-14(15)19)7-6-16(21)11-8-12(17)10-13(18)9-11/h2-5,8-10,16,21H,6-7H2,1H3. The van der Waals surface area contributed by atoms with Crippen LogP contribution in [0.25, 0.3) is 0 Å². The van der Waals surface area contributed by atoms with E-state index in [1.807, 2.05) is 0 Å². The number of para-hydroxylation sites is 1. The SMILES string of the molecule is CN(CCC(O)c1cc(F)cc(F)c1)c1ccccc1F. The van der Waals surface area contributed by atoms with Gasteiger partial charge in [-0.1, -0.05) is 12.1 Å². The molecule has 1 unspecified atom stereocenters. The Bertz CT molecular complexity index is 598. The molecule has 0 bridgehead atoms. The lowest BCUT2D eigenvalue weighted by molar-refractivity contribution is 0.169. The van der Waals surface area contributed by atoms with Gasteiger partial charge in [-0.3, -0.25) is 0 Å². The number of hydrogen-bond acceptors (Lipinski definition) is 2. The molecule has 1 N–H and O–H groups in total. The minimum Gasteiger partial charge on any atom is -0.388 e. The summed E-state index contributed by atoms with van der Waals surface area (Å²) in [6.45, 7) is 0.347. The summed E-state index contributed by atoms with van der Waals surface area (Å²) in [5, 5.41) is 9.98. The van der Waals surface area contributed by atoms with E-state index in [0.717, 1.165) is 18.2 Å². The zero-order chi connectivity index (χ0) is 15.4. The Hall–Kier alpha value is -2.01. The first-order valence-corrected chi connectivity index (χ1v) is 6.57. The monoisotopic (exact) mass is 295 g/mol. The van der Waals surface area contributed by atoms with Crippen LogP contribution in [-0.4, -0.2) is 18.7 Å². The predicted octanol–water partition coefficient (Wildman–Crippen LogP) is 3.66. The van der Waals surface area contributed by atoms with Crippen LogP contribution < -0.4 is 4.90 Å². The van der Waals surface area contributed by atoms with Crippen LogP contribution in [0.3, 0.4) is 0 Å². The highest BCUT2D eigenvalue weighted by Gasteiger charge is 2.13. The van der Waals surface area contributed by atoms with E-state index in [2.05, 4.69) is 0 Å². The molecule has 0 aliphatic rings. The molecule has 2 aromatic rings. The topological polar surface area (TPSA) is 23.5 Å². The molecule has 0 saturated heterocycles. The average Bonchev–Trinajstić information content (AvgIpc) is 2.43. The fourth-order valence-electron chi connectivity index (χ4n) is 2.13. The zero-order valence-electron chi connectivity index (χ0n) is 11.6. The predicted molar refractivity (Wildman–Crippen MR) is 75.6 cm³/mol. The Morgan fingerprint density at radius 2 is 1.67 bits per heavy atom. The van der Waals surface area contributed by atoms with Crippen LogP contribution in [0.2, 0.25) is 0 Å². The maximum absolute atomic E-state index is 13.6. The Labute approximate surface area is 121 Å². The second-order valence-corrected chi connectivity index (χ2v) is 4.88. The molecular weight excluding hydrogens is 279 g/mol. The molecule has 0 amide bonds. The van der Waals surface area contributed by atoms with E-state index in [1.54, 1.807) is 30.1 Å². The highest BCUT2D eigenvalue weighted by atomic mass is 19.1. The zero-order valence-corrected chi connectivity index (χ0v) is 11.6. The maximum Gasteiger partial charge on any atom is 0.146 e. The summed E-state index contributed by atoms with van der Waals surface area (Å²) in [6, 6.07) is 9.23. The van der Waals surface area contributed by atoms with Crippen LogP contribution in [0.1, 0.15) is 18.1 Å². The van der Waals surface area contributed by atoms with Crippen molar-refractivity contribution in [1.29, 1.82) is 0 Å². The first-order valence-electron chi connectivity index (χ1n) is 6.57. The van der Waals surface area contributed by atoms with Crippen molar-refractivity contribution in [3.63, 3.8) is 0 Å². The van der Waals surface area contributed by atoms with Crippen LogP contribution in [0.5, 0.6) is 0 Å². The highest BCUT2D eigenvalue weighted by Crippen LogP contribution is 2.22. The van der Waals surface area contributed by atoms with Crippen LogP contribution in [0.4, 0.5) is 18.9 Å². The van der Waals surface area contributed by atoms with Gasteiger partial charge in [-0.15, -0.1) is 0 Å². The highest BCUT2D eigenvalue weighted by molar-refractivity contribution is 5.46. The first kappa shape index (κ1) is 15.4. The summed E-state index contributed by atoms with van der Waals surface area (Å²) in [7, 11) is 1.69. The Morgan fingerprint density at radius 1 is 1.05 bits per heavy atom. The van der Waals surface area contributed by atoms with Crippen molar-refractivity contribution >= 4 is 5.69 Å². The van der Waals surface area contributed by atoms with E-state index in [9.17, 15) is 18.3 Å². The van der Waals surface area contributed by atoms with Gasteiger partial charge >= 0.3 is 0 Å². The van der Waals surface area contributed by atoms with Gasteiger partial charge in [0.05, 0.1) is 11.8 Å². The van der Waals surface area contributed by atoms with E-state index < -0.39 is 17.7 Å². The number of halogens is 3. The molecule has 2 nitrogen and oxygen atoms in total. The summed E-state index contributed by atoms with van der Waals surface area (Å²) in [5.41, 5.74) is 0.588. The second-order valence-electron chi connectivity index (χ2n) is 4.88. The van der Waals surface area contributed by atoms with Gasteiger partial charge in [-0.25, -0.2) is 13.2 Å². The van der Waals surface area contributed by atoms with Crippen LogP contribution >= 0.6 is 0 Å². The molecular formula is C16H16F3NO.